The molecule has 3 N–H and O–H groups in total. The van der Waals surface area contributed by atoms with Crippen molar-refractivity contribution in [2.75, 3.05) is 6.54 Å². The molecule has 0 spiro atoms. The summed E-state index contributed by atoms with van der Waals surface area (Å²) in [6.45, 7) is 3.20. The lowest BCUT2D eigenvalue weighted by Crippen LogP contribution is -2.45. The van der Waals surface area contributed by atoms with Crippen LogP contribution in [0.2, 0.25) is 0 Å². The highest BCUT2D eigenvalue weighted by Crippen LogP contribution is 2.24. The number of imide groups is 1. The fraction of sp³-hybridized carbons (Fsp3) is 0.714. The first-order valence-electron chi connectivity index (χ1n) is 7.54. The van der Waals surface area contributed by atoms with Crippen LogP contribution in [0.4, 0.5) is 4.79 Å². The second kappa shape index (κ2) is 6.33. The zero-order chi connectivity index (χ0) is 16.3. The summed E-state index contributed by atoms with van der Waals surface area (Å²) in [4.78, 5) is 48.0. The Morgan fingerprint density at radius 3 is 2.41 bits per heavy atom. The van der Waals surface area contributed by atoms with Gasteiger partial charge in [-0.25, -0.2) is 4.79 Å². The fourth-order valence-electron chi connectivity index (χ4n) is 2.72. The molecule has 0 atom stereocenters. The number of hydrogen-bond donors (Lipinski definition) is 3. The third kappa shape index (κ3) is 3.55. The van der Waals surface area contributed by atoms with Gasteiger partial charge in [0, 0.05) is 18.9 Å². The maximum Gasteiger partial charge on any atom is 0.325 e. The number of carbonyl (C=O) groups excluding carboxylic acids is 4. The number of nitrogens with zero attached hydrogens (tertiary/aromatic N) is 1. The quantitative estimate of drug-likeness (QED) is 0.503. The Hall–Kier alpha value is -2.12. The van der Waals surface area contributed by atoms with E-state index >= 15 is 0 Å². The predicted molar refractivity (Wildman–Crippen MR) is 77.2 cm³/mol. The Balaban J connectivity index is 1.73. The summed E-state index contributed by atoms with van der Waals surface area (Å²) < 4.78 is 0. The minimum atomic E-state index is -0.940. The number of urea groups is 1. The normalized spacial score (nSPS) is 20.9. The Kier molecular flexibility index (Phi) is 4.68. The fourth-order valence-corrected chi connectivity index (χ4v) is 2.72. The van der Waals surface area contributed by atoms with Crippen LogP contribution in [0.5, 0.6) is 0 Å². The van der Waals surface area contributed by atoms with E-state index in [9.17, 15) is 19.2 Å². The smallest absolute Gasteiger partial charge is 0.324 e. The molecule has 1 saturated heterocycles. The molecule has 2 fully saturated rings. The van der Waals surface area contributed by atoms with Gasteiger partial charge in [0.15, 0.2) is 0 Å². The van der Waals surface area contributed by atoms with Gasteiger partial charge in [-0.05, 0) is 26.7 Å². The minimum absolute atomic E-state index is 0.0147. The molecule has 5 amide bonds. The predicted octanol–water partition coefficient (Wildman–Crippen LogP) is 0.0445. The van der Waals surface area contributed by atoms with Gasteiger partial charge in [-0.2, -0.15) is 0 Å². The molecule has 0 aromatic carbocycles. The van der Waals surface area contributed by atoms with E-state index in [1.807, 2.05) is 0 Å². The van der Waals surface area contributed by atoms with Crippen LogP contribution in [0, 0.1) is 5.92 Å². The first-order chi connectivity index (χ1) is 10.3. The van der Waals surface area contributed by atoms with Crippen molar-refractivity contribution >= 4 is 23.8 Å². The van der Waals surface area contributed by atoms with Crippen molar-refractivity contribution in [2.24, 2.45) is 5.92 Å². The molecule has 0 bridgehead atoms. The van der Waals surface area contributed by atoms with Crippen LogP contribution in [0.3, 0.4) is 0 Å². The zero-order valence-electron chi connectivity index (χ0n) is 12.9. The molecule has 0 aromatic heterocycles. The largest absolute Gasteiger partial charge is 0.325 e. The number of rotatable bonds is 4. The van der Waals surface area contributed by atoms with Crippen molar-refractivity contribution in [1.82, 2.24) is 21.1 Å². The van der Waals surface area contributed by atoms with Gasteiger partial charge in [0.05, 0.1) is 0 Å². The summed E-state index contributed by atoms with van der Waals surface area (Å²) in [6, 6.07) is -0.502. The molecule has 0 radical (unpaired) electrons. The zero-order valence-corrected chi connectivity index (χ0v) is 12.9. The van der Waals surface area contributed by atoms with Crippen LogP contribution in [-0.2, 0) is 14.4 Å². The first kappa shape index (κ1) is 16.3. The number of hydrazine groups is 1. The Labute approximate surface area is 128 Å². The lowest BCUT2D eigenvalue weighted by molar-refractivity contribution is -0.132. The van der Waals surface area contributed by atoms with Crippen LogP contribution in [0.15, 0.2) is 0 Å². The molecule has 122 valence electrons. The van der Waals surface area contributed by atoms with Gasteiger partial charge in [-0.3, -0.25) is 30.1 Å². The van der Waals surface area contributed by atoms with Crippen molar-refractivity contribution in [3.63, 3.8) is 0 Å². The molecule has 1 heterocycles. The Morgan fingerprint density at radius 2 is 1.86 bits per heavy atom. The van der Waals surface area contributed by atoms with Crippen molar-refractivity contribution in [1.29, 1.82) is 0 Å². The SMILES string of the molecule is CC1(C)NC(=O)N(CCC(=O)NNC(=O)C2CCCC2)C1=O. The molecule has 1 saturated carbocycles. The minimum Gasteiger partial charge on any atom is -0.324 e. The molecule has 22 heavy (non-hydrogen) atoms. The lowest BCUT2D eigenvalue weighted by atomic mass is 10.1. The van der Waals surface area contributed by atoms with Gasteiger partial charge in [0.25, 0.3) is 5.91 Å². The monoisotopic (exact) mass is 310 g/mol. The molecule has 1 aliphatic heterocycles. The molecule has 0 aromatic rings. The standard InChI is InChI=1S/C14H22N4O4/c1-14(2)12(21)18(13(22)15-14)8-7-10(19)16-17-11(20)9-5-3-4-6-9/h9H,3-8H2,1-2H3,(H,15,22)(H,16,19)(H,17,20). The molecule has 1 aliphatic carbocycles. The highest BCUT2D eigenvalue weighted by atomic mass is 16.2. The van der Waals surface area contributed by atoms with Gasteiger partial charge in [0.1, 0.15) is 5.54 Å². The summed E-state index contributed by atoms with van der Waals surface area (Å²) >= 11 is 0. The molecular formula is C14H22N4O4. The molecule has 2 rings (SSSR count). The molecule has 8 heteroatoms. The van der Waals surface area contributed by atoms with Crippen LogP contribution in [0.1, 0.15) is 46.0 Å². The van der Waals surface area contributed by atoms with Crippen molar-refractivity contribution in [3.8, 4) is 0 Å². The van der Waals surface area contributed by atoms with E-state index in [1.54, 1.807) is 13.8 Å². The average Bonchev–Trinajstić information content (AvgIpc) is 3.03. The van der Waals surface area contributed by atoms with E-state index in [2.05, 4.69) is 16.2 Å². The van der Waals surface area contributed by atoms with Crippen LogP contribution >= 0.6 is 0 Å². The van der Waals surface area contributed by atoms with Crippen molar-refractivity contribution in [3.05, 3.63) is 0 Å². The van der Waals surface area contributed by atoms with Crippen LogP contribution in [0.25, 0.3) is 0 Å². The van der Waals surface area contributed by atoms with Gasteiger partial charge in [-0.1, -0.05) is 12.8 Å². The third-order valence-corrected chi connectivity index (χ3v) is 4.06. The van der Waals surface area contributed by atoms with Gasteiger partial charge in [0.2, 0.25) is 11.8 Å². The third-order valence-electron chi connectivity index (χ3n) is 4.06. The number of nitrogens with one attached hydrogen (secondary N) is 3. The molecule has 0 unspecified atom stereocenters. The van der Waals surface area contributed by atoms with Gasteiger partial charge < -0.3 is 5.32 Å². The summed E-state index contributed by atoms with van der Waals surface area (Å²) in [5.74, 6) is -1.01. The second-order valence-corrected chi connectivity index (χ2v) is 6.28. The maximum absolute atomic E-state index is 11.9. The van der Waals surface area contributed by atoms with Gasteiger partial charge >= 0.3 is 6.03 Å². The van der Waals surface area contributed by atoms with E-state index in [1.165, 1.54) is 0 Å². The highest BCUT2D eigenvalue weighted by Gasteiger charge is 2.44. The van der Waals surface area contributed by atoms with E-state index in [0.717, 1.165) is 30.6 Å². The van der Waals surface area contributed by atoms with Crippen molar-refractivity contribution in [2.45, 2.75) is 51.5 Å². The van der Waals surface area contributed by atoms with Crippen molar-refractivity contribution < 1.29 is 19.2 Å². The van der Waals surface area contributed by atoms with E-state index in [0.29, 0.717) is 0 Å². The lowest BCUT2D eigenvalue weighted by Gasteiger charge is -2.16. The highest BCUT2D eigenvalue weighted by molar-refractivity contribution is 6.06. The van der Waals surface area contributed by atoms with E-state index < -0.39 is 17.5 Å². The maximum atomic E-state index is 11.9. The number of carbonyl (C=O) groups is 4. The Morgan fingerprint density at radius 1 is 1.23 bits per heavy atom. The average molecular weight is 310 g/mol. The van der Waals surface area contributed by atoms with Gasteiger partial charge in [-0.15, -0.1) is 0 Å². The Bertz CT molecular complexity index is 497. The molecule has 2 aliphatic rings. The summed E-state index contributed by atoms with van der Waals surface area (Å²) in [7, 11) is 0. The summed E-state index contributed by atoms with van der Waals surface area (Å²) in [6.07, 6.45) is 3.71. The van der Waals surface area contributed by atoms with E-state index in [4.69, 9.17) is 0 Å². The summed E-state index contributed by atoms with van der Waals surface area (Å²) in [5, 5.41) is 2.54. The second-order valence-electron chi connectivity index (χ2n) is 6.28. The van der Waals surface area contributed by atoms with E-state index in [-0.39, 0.29) is 30.7 Å². The molecular weight excluding hydrogens is 288 g/mol. The number of hydrogen-bond acceptors (Lipinski definition) is 4. The number of amides is 5. The first-order valence-corrected chi connectivity index (χ1v) is 7.54. The topological polar surface area (TPSA) is 108 Å². The van der Waals surface area contributed by atoms with Crippen LogP contribution < -0.4 is 16.2 Å². The van der Waals surface area contributed by atoms with Crippen LogP contribution in [-0.4, -0.2) is 40.7 Å². The summed E-state index contributed by atoms with van der Waals surface area (Å²) in [5.41, 5.74) is 3.78. The molecule has 8 nitrogen and oxygen atoms in total.